The van der Waals surface area contributed by atoms with Crippen LogP contribution in [0.2, 0.25) is 0 Å². The molecule has 0 saturated carbocycles. The summed E-state index contributed by atoms with van der Waals surface area (Å²) in [6, 6.07) is 0.188. The summed E-state index contributed by atoms with van der Waals surface area (Å²) >= 11 is 1.44. The zero-order valence-corrected chi connectivity index (χ0v) is 10.2. The molecular weight excluding hydrogens is 228 g/mol. The number of aromatic nitrogens is 3. The van der Waals surface area contributed by atoms with Crippen molar-refractivity contribution in [3.63, 3.8) is 0 Å². The summed E-state index contributed by atoms with van der Waals surface area (Å²) in [5.41, 5.74) is 4.18. The second-order valence-electron chi connectivity index (χ2n) is 3.67. The van der Waals surface area contributed by atoms with Crippen LogP contribution >= 0.6 is 11.8 Å². The second-order valence-corrected chi connectivity index (χ2v) is 4.73. The number of thioether (sulfide) groups is 1. The molecule has 6 nitrogen and oxygen atoms in total. The van der Waals surface area contributed by atoms with Crippen molar-refractivity contribution in [2.75, 3.05) is 5.75 Å². The molecule has 0 aromatic carbocycles. The van der Waals surface area contributed by atoms with E-state index in [1.54, 1.807) is 7.05 Å². The van der Waals surface area contributed by atoms with Crippen LogP contribution in [-0.2, 0) is 7.05 Å². The zero-order valence-electron chi connectivity index (χ0n) is 9.40. The van der Waals surface area contributed by atoms with Gasteiger partial charge in [0.2, 0.25) is 0 Å². The molecule has 0 aliphatic heterocycles. The van der Waals surface area contributed by atoms with E-state index in [9.17, 15) is 9.59 Å². The summed E-state index contributed by atoms with van der Waals surface area (Å²) < 4.78 is 1.46. The summed E-state index contributed by atoms with van der Waals surface area (Å²) in [5, 5.41) is 2.92. The lowest BCUT2D eigenvalue weighted by Gasteiger charge is -2.06. The lowest BCUT2D eigenvalue weighted by Crippen LogP contribution is -2.33. The molecule has 0 amide bonds. The molecule has 0 fully saturated rings. The average Bonchev–Trinajstić information content (AvgIpc) is 2.19. The van der Waals surface area contributed by atoms with Crippen molar-refractivity contribution in [2.45, 2.75) is 31.0 Å². The molecule has 1 atom stereocenters. The van der Waals surface area contributed by atoms with E-state index < -0.39 is 11.1 Å². The summed E-state index contributed by atoms with van der Waals surface area (Å²) in [6.45, 7) is 1.96. The number of rotatable bonds is 5. The summed E-state index contributed by atoms with van der Waals surface area (Å²) in [6.07, 6.45) is 1.89. The van der Waals surface area contributed by atoms with E-state index in [1.807, 2.05) is 6.92 Å². The van der Waals surface area contributed by atoms with Gasteiger partial charge in [-0.1, -0.05) is 11.8 Å². The highest BCUT2D eigenvalue weighted by Crippen LogP contribution is 2.13. The van der Waals surface area contributed by atoms with Crippen molar-refractivity contribution in [1.29, 1.82) is 0 Å². The number of hydrogen-bond donors (Lipinski definition) is 2. The van der Waals surface area contributed by atoms with Crippen molar-refractivity contribution >= 4 is 11.8 Å². The fourth-order valence-corrected chi connectivity index (χ4v) is 2.04. The monoisotopic (exact) mass is 244 g/mol. The van der Waals surface area contributed by atoms with Crippen molar-refractivity contribution < 1.29 is 0 Å². The van der Waals surface area contributed by atoms with Crippen LogP contribution in [0, 0.1) is 0 Å². The van der Waals surface area contributed by atoms with Gasteiger partial charge < -0.3 is 5.73 Å². The first-order chi connectivity index (χ1) is 7.50. The van der Waals surface area contributed by atoms with Gasteiger partial charge in [-0.05, 0) is 19.8 Å². The minimum Gasteiger partial charge on any atom is -0.328 e. The molecular formula is C9H16N4O2S. The molecule has 1 rings (SSSR count). The Morgan fingerprint density at radius 1 is 1.56 bits per heavy atom. The lowest BCUT2D eigenvalue weighted by molar-refractivity contribution is 0.595. The number of aromatic amines is 1. The Morgan fingerprint density at radius 3 is 2.88 bits per heavy atom. The molecule has 16 heavy (non-hydrogen) atoms. The molecule has 1 unspecified atom stereocenters. The summed E-state index contributed by atoms with van der Waals surface area (Å²) in [5.74, 6) is 0.827. The van der Waals surface area contributed by atoms with E-state index in [4.69, 9.17) is 5.73 Å². The average molecular weight is 244 g/mol. The minimum atomic E-state index is -0.743. The number of aryl methyl sites for hydroxylation is 1. The maximum Gasteiger partial charge on any atom is 0.339 e. The van der Waals surface area contributed by atoms with Gasteiger partial charge in [-0.3, -0.25) is 19.4 Å². The fraction of sp³-hybridized carbons (Fsp3) is 0.667. The van der Waals surface area contributed by atoms with Crippen LogP contribution < -0.4 is 16.9 Å². The van der Waals surface area contributed by atoms with E-state index in [0.717, 1.165) is 18.6 Å². The van der Waals surface area contributed by atoms with Gasteiger partial charge in [0.05, 0.1) is 0 Å². The Hall–Kier alpha value is -1.08. The Morgan fingerprint density at radius 2 is 2.25 bits per heavy atom. The molecule has 0 aliphatic carbocycles. The van der Waals surface area contributed by atoms with Gasteiger partial charge in [0.15, 0.2) is 5.16 Å². The molecule has 0 radical (unpaired) electrons. The Labute approximate surface area is 97.2 Å². The largest absolute Gasteiger partial charge is 0.339 e. The van der Waals surface area contributed by atoms with Crippen LogP contribution in [0.25, 0.3) is 0 Å². The van der Waals surface area contributed by atoms with Crippen LogP contribution in [-0.4, -0.2) is 26.6 Å². The number of H-pyrrole nitrogens is 1. The van der Waals surface area contributed by atoms with E-state index in [2.05, 4.69) is 10.1 Å². The van der Waals surface area contributed by atoms with Gasteiger partial charge in [-0.25, -0.2) is 0 Å². The first-order valence-corrected chi connectivity index (χ1v) is 6.05. The molecule has 1 aromatic heterocycles. The Balaban J connectivity index is 2.58. The van der Waals surface area contributed by atoms with Gasteiger partial charge >= 0.3 is 11.1 Å². The highest BCUT2D eigenvalue weighted by Gasteiger charge is 2.04. The van der Waals surface area contributed by atoms with Crippen molar-refractivity contribution in [1.82, 2.24) is 14.8 Å². The first-order valence-electron chi connectivity index (χ1n) is 5.06. The molecule has 0 aliphatic rings. The third-order valence-electron chi connectivity index (χ3n) is 1.98. The fourth-order valence-electron chi connectivity index (χ4n) is 1.16. The predicted octanol–water partition coefficient (Wildman–Crippen LogP) is -0.312. The van der Waals surface area contributed by atoms with Gasteiger partial charge in [0, 0.05) is 18.8 Å². The second kappa shape index (κ2) is 5.86. The highest BCUT2D eigenvalue weighted by atomic mass is 32.2. The van der Waals surface area contributed by atoms with E-state index in [1.165, 1.54) is 16.4 Å². The molecule has 3 N–H and O–H groups in total. The molecule has 0 spiro atoms. The lowest BCUT2D eigenvalue weighted by atomic mass is 10.2. The Bertz CT molecular complexity index is 452. The van der Waals surface area contributed by atoms with Gasteiger partial charge in [0.1, 0.15) is 0 Å². The van der Waals surface area contributed by atoms with Crippen molar-refractivity contribution in [3.05, 3.63) is 20.7 Å². The smallest absolute Gasteiger partial charge is 0.328 e. The maximum atomic E-state index is 11.0. The summed E-state index contributed by atoms with van der Waals surface area (Å²) in [4.78, 5) is 25.6. The third-order valence-corrected chi connectivity index (χ3v) is 3.10. The van der Waals surface area contributed by atoms with Gasteiger partial charge in [0.25, 0.3) is 0 Å². The minimum absolute atomic E-state index is 0.188. The molecule has 0 bridgehead atoms. The van der Waals surface area contributed by atoms with Gasteiger partial charge in [-0.2, -0.15) is 4.98 Å². The highest BCUT2D eigenvalue weighted by molar-refractivity contribution is 7.99. The number of nitrogens with zero attached hydrogens (tertiary/aromatic N) is 2. The zero-order chi connectivity index (χ0) is 12.1. The standard InChI is InChI=1S/C9H16N4O2S/c1-6(10)4-3-5-16-9-11-7(14)8(15)12-13(9)2/h6H,3-5,10H2,1-2H3,(H,12,15). The van der Waals surface area contributed by atoms with Gasteiger partial charge in [-0.15, -0.1) is 0 Å². The maximum absolute atomic E-state index is 11.0. The molecule has 1 aromatic rings. The predicted molar refractivity (Wildman–Crippen MR) is 63.7 cm³/mol. The number of hydrogen-bond acceptors (Lipinski definition) is 5. The normalized spacial score (nSPS) is 12.7. The summed E-state index contributed by atoms with van der Waals surface area (Å²) in [7, 11) is 1.65. The van der Waals surface area contributed by atoms with Crippen LogP contribution in [0.1, 0.15) is 19.8 Å². The topological polar surface area (TPSA) is 93.8 Å². The molecule has 7 heteroatoms. The van der Waals surface area contributed by atoms with Crippen LogP contribution in [0.4, 0.5) is 0 Å². The van der Waals surface area contributed by atoms with E-state index >= 15 is 0 Å². The molecule has 1 heterocycles. The van der Waals surface area contributed by atoms with E-state index in [-0.39, 0.29) is 6.04 Å². The SMILES string of the molecule is CC(N)CCCSc1nc(=O)c(=O)[nH]n1C. The van der Waals surface area contributed by atoms with Crippen molar-refractivity contribution in [2.24, 2.45) is 12.8 Å². The third kappa shape index (κ3) is 3.82. The molecule has 90 valence electrons. The number of nitrogens with two attached hydrogens (primary N) is 1. The number of nitrogens with one attached hydrogen (secondary N) is 1. The first kappa shape index (κ1) is 13.0. The Kier molecular flexibility index (Phi) is 4.75. The van der Waals surface area contributed by atoms with Crippen LogP contribution in [0.15, 0.2) is 14.7 Å². The van der Waals surface area contributed by atoms with E-state index in [0.29, 0.717) is 5.16 Å². The van der Waals surface area contributed by atoms with Crippen LogP contribution in [0.3, 0.4) is 0 Å². The van der Waals surface area contributed by atoms with Crippen LogP contribution in [0.5, 0.6) is 0 Å². The molecule has 0 saturated heterocycles. The van der Waals surface area contributed by atoms with Crippen molar-refractivity contribution in [3.8, 4) is 0 Å². The quantitative estimate of drug-likeness (QED) is 0.421.